The van der Waals surface area contributed by atoms with Crippen LogP contribution in [0.15, 0.2) is 53.4 Å². The summed E-state index contributed by atoms with van der Waals surface area (Å²) in [6.45, 7) is 3.39. The fourth-order valence-corrected chi connectivity index (χ4v) is 5.15. The maximum atomic E-state index is 13.3. The molecule has 10 heteroatoms. The third-order valence-electron chi connectivity index (χ3n) is 5.45. The fraction of sp³-hybridized carbons (Fsp3) is 0.348. The number of sulfonamides is 1. The van der Waals surface area contributed by atoms with E-state index >= 15 is 0 Å². The first-order chi connectivity index (χ1) is 15.7. The summed E-state index contributed by atoms with van der Waals surface area (Å²) < 4.78 is 26.3. The number of benzene rings is 2. The average Bonchev–Trinajstić information content (AvgIpc) is 2.99. The molecule has 33 heavy (non-hydrogen) atoms. The Morgan fingerprint density at radius 3 is 2.42 bits per heavy atom. The van der Waals surface area contributed by atoms with Gasteiger partial charge in [0.15, 0.2) is 0 Å². The van der Waals surface area contributed by atoms with Crippen LogP contribution in [0, 0.1) is 0 Å². The fourth-order valence-electron chi connectivity index (χ4n) is 3.51. The van der Waals surface area contributed by atoms with E-state index in [4.69, 9.17) is 11.6 Å². The molecule has 1 atom stereocenters. The summed E-state index contributed by atoms with van der Waals surface area (Å²) in [4.78, 5) is 39.9. The number of nitrogens with one attached hydrogen (secondary N) is 1. The minimum atomic E-state index is -4.15. The van der Waals surface area contributed by atoms with Crippen LogP contribution in [0.1, 0.15) is 42.6 Å². The van der Waals surface area contributed by atoms with Crippen LogP contribution in [-0.4, -0.2) is 54.5 Å². The van der Waals surface area contributed by atoms with Gasteiger partial charge in [-0.15, -0.1) is 0 Å². The molecule has 3 rings (SSSR count). The van der Waals surface area contributed by atoms with Gasteiger partial charge in [0.2, 0.25) is 11.8 Å². The number of halogens is 1. The summed E-state index contributed by atoms with van der Waals surface area (Å²) in [5, 5.41) is 3.32. The zero-order valence-corrected chi connectivity index (χ0v) is 20.0. The molecule has 3 amide bonds. The summed E-state index contributed by atoms with van der Waals surface area (Å²) in [5.74, 6) is -1.78. The molecular formula is C23H26ClN3O5S. The lowest BCUT2D eigenvalue weighted by molar-refractivity contribution is -0.140. The summed E-state index contributed by atoms with van der Waals surface area (Å²) in [5.41, 5.74) is 0.736. The van der Waals surface area contributed by atoms with E-state index in [2.05, 4.69) is 5.32 Å². The standard InChI is InChI=1S/C23H26ClN3O5S/c1-3-4-13-25-22(29)16(2)26(14-17-9-11-18(24)12-10-17)21(28)15-27-23(30)19-7-5-6-8-20(19)33(27,31)32/h5-12,16H,3-4,13-15H2,1-2H3,(H,25,29)/t16-/m0/s1. The molecule has 0 unspecified atom stereocenters. The van der Waals surface area contributed by atoms with Crippen LogP contribution in [0.4, 0.5) is 0 Å². The first kappa shape index (κ1) is 24.7. The molecule has 1 heterocycles. The summed E-state index contributed by atoms with van der Waals surface area (Å²) >= 11 is 5.94. The lowest BCUT2D eigenvalue weighted by Gasteiger charge is -2.30. The average molecular weight is 492 g/mol. The van der Waals surface area contributed by atoms with Crippen molar-refractivity contribution in [3.63, 3.8) is 0 Å². The molecule has 1 N–H and O–H groups in total. The predicted octanol–water partition coefficient (Wildman–Crippen LogP) is 2.82. The summed E-state index contributed by atoms with van der Waals surface area (Å²) in [7, 11) is -4.15. The monoisotopic (exact) mass is 491 g/mol. The van der Waals surface area contributed by atoms with Crippen molar-refractivity contribution < 1.29 is 22.8 Å². The maximum Gasteiger partial charge on any atom is 0.269 e. The Morgan fingerprint density at radius 1 is 1.12 bits per heavy atom. The second-order valence-electron chi connectivity index (χ2n) is 7.78. The second kappa shape index (κ2) is 10.4. The van der Waals surface area contributed by atoms with Gasteiger partial charge in [0.1, 0.15) is 17.5 Å². The van der Waals surface area contributed by atoms with Crippen LogP contribution >= 0.6 is 11.6 Å². The van der Waals surface area contributed by atoms with Gasteiger partial charge in [0, 0.05) is 18.1 Å². The van der Waals surface area contributed by atoms with Gasteiger partial charge in [0.05, 0.1) is 5.56 Å². The largest absolute Gasteiger partial charge is 0.354 e. The molecule has 1 aliphatic rings. The molecule has 176 valence electrons. The molecule has 0 aromatic heterocycles. The number of hydrogen-bond acceptors (Lipinski definition) is 5. The highest BCUT2D eigenvalue weighted by Crippen LogP contribution is 2.30. The number of unbranched alkanes of at least 4 members (excludes halogenated alkanes) is 1. The molecule has 2 aromatic rings. The van der Waals surface area contributed by atoms with E-state index in [9.17, 15) is 22.8 Å². The van der Waals surface area contributed by atoms with Crippen LogP contribution in [0.2, 0.25) is 5.02 Å². The number of carbonyl (C=O) groups excluding carboxylic acids is 3. The molecule has 0 saturated heterocycles. The van der Waals surface area contributed by atoms with Crippen LogP contribution < -0.4 is 5.32 Å². The highest BCUT2D eigenvalue weighted by molar-refractivity contribution is 7.90. The lowest BCUT2D eigenvalue weighted by Crippen LogP contribution is -2.51. The van der Waals surface area contributed by atoms with Crippen molar-refractivity contribution in [2.45, 2.75) is 44.2 Å². The van der Waals surface area contributed by atoms with Crippen molar-refractivity contribution in [2.24, 2.45) is 0 Å². The normalized spacial score (nSPS) is 15.1. The van der Waals surface area contributed by atoms with Gasteiger partial charge >= 0.3 is 0 Å². The second-order valence-corrected chi connectivity index (χ2v) is 10.0. The van der Waals surface area contributed by atoms with Gasteiger partial charge in [-0.3, -0.25) is 14.4 Å². The maximum absolute atomic E-state index is 13.3. The molecule has 0 aliphatic carbocycles. The highest BCUT2D eigenvalue weighted by atomic mass is 35.5. The van der Waals surface area contributed by atoms with Crippen molar-refractivity contribution in [3.8, 4) is 0 Å². The van der Waals surface area contributed by atoms with Gasteiger partial charge in [-0.1, -0.05) is 49.2 Å². The Kier molecular flexibility index (Phi) is 7.76. The molecule has 0 fully saturated rings. The number of carbonyl (C=O) groups is 3. The number of amides is 3. The highest BCUT2D eigenvalue weighted by Gasteiger charge is 2.43. The van der Waals surface area contributed by atoms with E-state index in [1.54, 1.807) is 37.3 Å². The molecule has 2 aromatic carbocycles. The zero-order valence-electron chi connectivity index (χ0n) is 18.5. The van der Waals surface area contributed by atoms with E-state index in [1.807, 2.05) is 6.92 Å². The van der Waals surface area contributed by atoms with Gasteiger partial charge in [0.25, 0.3) is 15.9 Å². The molecule has 0 spiro atoms. The van der Waals surface area contributed by atoms with E-state index in [1.165, 1.54) is 23.1 Å². The van der Waals surface area contributed by atoms with Gasteiger partial charge in [-0.05, 0) is 43.2 Å². The molecule has 0 radical (unpaired) electrons. The van der Waals surface area contributed by atoms with Crippen molar-refractivity contribution in [1.82, 2.24) is 14.5 Å². The van der Waals surface area contributed by atoms with Gasteiger partial charge in [-0.25, -0.2) is 12.7 Å². The zero-order chi connectivity index (χ0) is 24.2. The van der Waals surface area contributed by atoms with Crippen molar-refractivity contribution in [3.05, 3.63) is 64.7 Å². The molecular weight excluding hydrogens is 466 g/mol. The van der Waals surface area contributed by atoms with E-state index in [0.29, 0.717) is 21.4 Å². The number of nitrogens with zero attached hydrogens (tertiary/aromatic N) is 2. The van der Waals surface area contributed by atoms with Crippen molar-refractivity contribution in [2.75, 3.05) is 13.1 Å². The predicted molar refractivity (Wildman–Crippen MR) is 124 cm³/mol. The molecule has 1 aliphatic heterocycles. The number of hydrogen-bond donors (Lipinski definition) is 1. The van der Waals surface area contributed by atoms with E-state index < -0.39 is 34.4 Å². The van der Waals surface area contributed by atoms with Gasteiger partial charge in [-0.2, -0.15) is 0 Å². The molecule has 8 nitrogen and oxygen atoms in total. The van der Waals surface area contributed by atoms with E-state index in [-0.39, 0.29) is 22.9 Å². The van der Waals surface area contributed by atoms with Crippen molar-refractivity contribution in [1.29, 1.82) is 0 Å². The quantitative estimate of drug-likeness (QED) is 0.543. The third-order valence-corrected chi connectivity index (χ3v) is 7.49. The first-order valence-electron chi connectivity index (χ1n) is 10.6. The third kappa shape index (κ3) is 5.36. The van der Waals surface area contributed by atoms with E-state index in [0.717, 1.165) is 12.8 Å². The Bertz CT molecular complexity index is 1150. The first-order valence-corrected chi connectivity index (χ1v) is 12.5. The van der Waals surface area contributed by atoms with Crippen LogP contribution in [-0.2, 0) is 26.2 Å². The van der Waals surface area contributed by atoms with Crippen LogP contribution in [0.5, 0.6) is 0 Å². The smallest absolute Gasteiger partial charge is 0.269 e. The summed E-state index contributed by atoms with van der Waals surface area (Å²) in [6.07, 6.45) is 1.69. The Hall–Kier alpha value is -2.91. The minimum Gasteiger partial charge on any atom is -0.354 e. The summed E-state index contributed by atoms with van der Waals surface area (Å²) in [6, 6.07) is 11.7. The SMILES string of the molecule is CCCCNC(=O)[C@H](C)N(Cc1ccc(Cl)cc1)C(=O)CN1C(=O)c2ccccc2S1(=O)=O. The van der Waals surface area contributed by atoms with Crippen LogP contribution in [0.25, 0.3) is 0 Å². The minimum absolute atomic E-state index is 0.0277. The Labute approximate surface area is 198 Å². The number of fused-ring (bicyclic) bond motifs is 1. The van der Waals surface area contributed by atoms with Crippen LogP contribution in [0.3, 0.4) is 0 Å². The molecule has 0 saturated carbocycles. The topological polar surface area (TPSA) is 104 Å². The number of rotatable bonds is 9. The Balaban J connectivity index is 1.85. The Morgan fingerprint density at radius 2 is 1.79 bits per heavy atom. The lowest BCUT2D eigenvalue weighted by atomic mass is 10.1. The van der Waals surface area contributed by atoms with Crippen molar-refractivity contribution >= 4 is 39.3 Å². The van der Waals surface area contributed by atoms with Gasteiger partial charge < -0.3 is 10.2 Å². The molecule has 0 bridgehead atoms.